The minimum absolute atomic E-state index is 0.137. The Labute approximate surface area is 188 Å². The Kier molecular flexibility index (Phi) is 7.89. The number of aromatic nitrogens is 1. The Hall–Kier alpha value is -3.06. The maximum atomic E-state index is 12.8. The molecule has 0 spiro atoms. The molecule has 0 bridgehead atoms. The number of unbranched alkanes of at least 4 members (excludes halogenated alkanes) is 1. The van der Waals surface area contributed by atoms with E-state index in [9.17, 15) is 4.79 Å². The number of methoxy groups -OCH3 is 2. The Morgan fingerprint density at radius 2 is 1.84 bits per heavy atom. The number of ether oxygens (including phenoxy) is 2. The van der Waals surface area contributed by atoms with Gasteiger partial charge in [0.2, 0.25) is 0 Å². The van der Waals surface area contributed by atoms with Crippen molar-refractivity contribution in [3.63, 3.8) is 0 Å². The Bertz CT molecular complexity index is 1100. The van der Waals surface area contributed by atoms with Crippen LogP contribution in [0.5, 0.6) is 11.5 Å². The Morgan fingerprint density at radius 1 is 1.06 bits per heavy atom. The van der Waals surface area contributed by atoms with Gasteiger partial charge in [0.15, 0.2) is 5.11 Å². The number of thiocarbonyl (C=S) groups is 1. The van der Waals surface area contributed by atoms with Crippen LogP contribution in [0.4, 0.5) is 0 Å². The first-order valence-corrected chi connectivity index (χ1v) is 10.8. The number of aromatic amines is 1. The number of H-pyrrole nitrogens is 1. The maximum Gasteiger partial charge on any atom is 0.253 e. The summed E-state index contributed by atoms with van der Waals surface area (Å²) in [6, 6.07) is 15.4. The molecule has 0 fully saturated rings. The third kappa shape index (κ3) is 5.76. The van der Waals surface area contributed by atoms with Gasteiger partial charge in [-0.15, -0.1) is 0 Å². The van der Waals surface area contributed by atoms with Crippen molar-refractivity contribution in [1.29, 1.82) is 0 Å². The summed E-state index contributed by atoms with van der Waals surface area (Å²) in [6.45, 7) is 3.85. The van der Waals surface area contributed by atoms with Gasteiger partial charge in [0.25, 0.3) is 5.56 Å². The van der Waals surface area contributed by atoms with Gasteiger partial charge in [-0.25, -0.2) is 0 Å². The standard InChI is InChI=1S/C24H29N3O3S/c1-4-5-12-25-24(31)27(15-18-8-6-7-9-22(18)30-3)16-19-13-17-10-11-20(29-2)14-21(17)26-23(19)28/h6-11,13-14H,4-5,12,15-16H2,1-3H3,(H,25,31)(H,26,28). The lowest BCUT2D eigenvalue weighted by molar-refractivity contribution is 0.370. The summed E-state index contributed by atoms with van der Waals surface area (Å²) in [5.41, 5.74) is 2.26. The number of fused-ring (bicyclic) bond motifs is 1. The van der Waals surface area contributed by atoms with Crippen molar-refractivity contribution in [3.05, 3.63) is 70.0 Å². The van der Waals surface area contributed by atoms with Crippen molar-refractivity contribution in [2.24, 2.45) is 0 Å². The first-order chi connectivity index (χ1) is 15.0. The zero-order chi connectivity index (χ0) is 22.2. The fourth-order valence-corrected chi connectivity index (χ4v) is 3.63. The predicted molar refractivity (Wildman–Crippen MR) is 129 cm³/mol. The normalized spacial score (nSPS) is 10.7. The molecule has 0 saturated carbocycles. The van der Waals surface area contributed by atoms with Crippen molar-refractivity contribution in [2.45, 2.75) is 32.9 Å². The molecule has 0 radical (unpaired) electrons. The van der Waals surface area contributed by atoms with Crippen molar-refractivity contribution in [1.82, 2.24) is 15.2 Å². The van der Waals surface area contributed by atoms with Gasteiger partial charge < -0.3 is 24.7 Å². The SMILES string of the molecule is CCCCNC(=S)N(Cc1ccccc1OC)Cc1cc2ccc(OC)cc2[nH]c1=O. The summed E-state index contributed by atoms with van der Waals surface area (Å²) in [5.74, 6) is 1.50. The van der Waals surface area contributed by atoms with Crippen LogP contribution in [0, 0.1) is 0 Å². The van der Waals surface area contributed by atoms with Gasteiger partial charge in [0.1, 0.15) is 11.5 Å². The van der Waals surface area contributed by atoms with Gasteiger partial charge >= 0.3 is 0 Å². The summed E-state index contributed by atoms with van der Waals surface area (Å²) in [5, 5.41) is 4.88. The fraction of sp³-hybridized carbons (Fsp3) is 0.333. The minimum atomic E-state index is -0.137. The summed E-state index contributed by atoms with van der Waals surface area (Å²) in [4.78, 5) is 17.8. The zero-order valence-corrected chi connectivity index (χ0v) is 19.1. The largest absolute Gasteiger partial charge is 0.497 e. The number of hydrogen-bond donors (Lipinski definition) is 2. The van der Waals surface area contributed by atoms with E-state index in [1.54, 1.807) is 14.2 Å². The highest BCUT2D eigenvalue weighted by Gasteiger charge is 2.16. The van der Waals surface area contributed by atoms with Crippen LogP contribution in [0.2, 0.25) is 0 Å². The summed E-state index contributed by atoms with van der Waals surface area (Å²) in [6.07, 6.45) is 2.11. The minimum Gasteiger partial charge on any atom is -0.497 e. The molecule has 0 atom stereocenters. The summed E-state index contributed by atoms with van der Waals surface area (Å²) >= 11 is 5.68. The topological polar surface area (TPSA) is 66.6 Å². The molecular formula is C24H29N3O3S. The van der Waals surface area contributed by atoms with Crippen LogP contribution in [-0.4, -0.2) is 35.8 Å². The van der Waals surface area contributed by atoms with Crippen molar-refractivity contribution in [3.8, 4) is 11.5 Å². The second kappa shape index (κ2) is 10.8. The number of nitrogens with one attached hydrogen (secondary N) is 2. The van der Waals surface area contributed by atoms with Gasteiger partial charge in [-0.05, 0) is 48.3 Å². The average Bonchev–Trinajstić information content (AvgIpc) is 2.79. The van der Waals surface area contributed by atoms with Crippen LogP contribution in [0.1, 0.15) is 30.9 Å². The van der Waals surface area contributed by atoms with E-state index in [1.165, 1.54) is 0 Å². The van der Waals surface area contributed by atoms with E-state index in [4.69, 9.17) is 21.7 Å². The van der Waals surface area contributed by atoms with Gasteiger partial charge in [0, 0.05) is 30.3 Å². The van der Waals surface area contributed by atoms with E-state index >= 15 is 0 Å². The molecule has 2 aromatic carbocycles. The van der Waals surface area contributed by atoms with E-state index in [-0.39, 0.29) is 5.56 Å². The van der Waals surface area contributed by atoms with E-state index in [2.05, 4.69) is 17.2 Å². The molecule has 7 heteroatoms. The van der Waals surface area contributed by atoms with E-state index < -0.39 is 0 Å². The van der Waals surface area contributed by atoms with Gasteiger partial charge in [-0.1, -0.05) is 31.5 Å². The number of nitrogens with zero attached hydrogens (tertiary/aromatic N) is 1. The molecule has 0 aliphatic rings. The highest BCUT2D eigenvalue weighted by Crippen LogP contribution is 2.22. The van der Waals surface area contributed by atoms with Crippen LogP contribution in [0.25, 0.3) is 10.9 Å². The molecule has 164 valence electrons. The molecule has 31 heavy (non-hydrogen) atoms. The quantitative estimate of drug-likeness (QED) is 0.384. The average molecular weight is 440 g/mol. The molecule has 6 nitrogen and oxygen atoms in total. The number of rotatable bonds is 9. The first kappa shape index (κ1) is 22.6. The summed E-state index contributed by atoms with van der Waals surface area (Å²) < 4.78 is 10.8. The number of para-hydroxylation sites is 1. The van der Waals surface area contributed by atoms with Crippen LogP contribution >= 0.6 is 12.2 Å². The predicted octanol–water partition coefficient (Wildman–Crippen LogP) is 4.22. The molecule has 1 aromatic heterocycles. The van der Waals surface area contributed by atoms with Crippen LogP contribution < -0.4 is 20.3 Å². The van der Waals surface area contributed by atoms with Crippen molar-refractivity contribution in [2.75, 3.05) is 20.8 Å². The molecule has 2 N–H and O–H groups in total. The smallest absolute Gasteiger partial charge is 0.253 e. The van der Waals surface area contributed by atoms with Crippen LogP contribution in [0.15, 0.2) is 53.3 Å². The molecular weight excluding hydrogens is 410 g/mol. The second-order valence-corrected chi connectivity index (χ2v) is 7.72. The maximum absolute atomic E-state index is 12.8. The van der Waals surface area contributed by atoms with E-state index in [1.807, 2.05) is 53.4 Å². The Morgan fingerprint density at radius 3 is 2.58 bits per heavy atom. The molecule has 0 aliphatic heterocycles. The molecule has 3 aromatic rings. The van der Waals surface area contributed by atoms with Crippen LogP contribution in [-0.2, 0) is 13.1 Å². The molecule has 0 saturated heterocycles. The number of hydrogen-bond acceptors (Lipinski definition) is 4. The molecule has 1 heterocycles. The third-order valence-corrected chi connectivity index (χ3v) is 5.54. The number of pyridine rings is 1. The monoisotopic (exact) mass is 439 g/mol. The van der Waals surface area contributed by atoms with Crippen molar-refractivity contribution >= 4 is 28.2 Å². The molecule has 3 rings (SSSR count). The molecule has 0 unspecified atom stereocenters. The molecule has 0 amide bonds. The van der Waals surface area contributed by atoms with Crippen molar-refractivity contribution < 1.29 is 9.47 Å². The lowest BCUT2D eigenvalue weighted by Gasteiger charge is -2.26. The van der Waals surface area contributed by atoms with Gasteiger partial charge in [-0.2, -0.15) is 0 Å². The summed E-state index contributed by atoms with van der Waals surface area (Å²) in [7, 11) is 3.26. The van der Waals surface area contributed by atoms with E-state index in [0.29, 0.717) is 29.5 Å². The highest BCUT2D eigenvalue weighted by molar-refractivity contribution is 7.80. The Balaban J connectivity index is 1.90. The van der Waals surface area contributed by atoms with E-state index in [0.717, 1.165) is 41.6 Å². The molecule has 0 aliphatic carbocycles. The first-order valence-electron chi connectivity index (χ1n) is 10.4. The zero-order valence-electron chi connectivity index (χ0n) is 18.2. The number of benzene rings is 2. The highest BCUT2D eigenvalue weighted by atomic mass is 32.1. The second-order valence-electron chi connectivity index (χ2n) is 7.33. The fourth-order valence-electron chi connectivity index (χ4n) is 3.40. The lowest BCUT2D eigenvalue weighted by Crippen LogP contribution is -2.40. The van der Waals surface area contributed by atoms with Gasteiger partial charge in [0.05, 0.1) is 26.3 Å². The van der Waals surface area contributed by atoms with Crippen LogP contribution in [0.3, 0.4) is 0 Å². The lowest BCUT2D eigenvalue weighted by atomic mass is 10.1. The third-order valence-electron chi connectivity index (χ3n) is 5.14. The van der Waals surface area contributed by atoms with Gasteiger partial charge in [-0.3, -0.25) is 4.79 Å².